The Morgan fingerprint density at radius 3 is 2.81 bits per heavy atom. The van der Waals surface area contributed by atoms with Gasteiger partial charge in [-0.15, -0.1) is 0 Å². The van der Waals surface area contributed by atoms with Crippen molar-refractivity contribution in [1.29, 1.82) is 0 Å². The molecule has 0 fully saturated rings. The van der Waals surface area contributed by atoms with Gasteiger partial charge in [0.2, 0.25) is 0 Å². The van der Waals surface area contributed by atoms with Crippen molar-refractivity contribution in [1.82, 2.24) is 5.32 Å². The van der Waals surface area contributed by atoms with E-state index in [1.807, 2.05) is 49.4 Å². The van der Waals surface area contributed by atoms with E-state index >= 15 is 0 Å². The number of benzene rings is 1. The van der Waals surface area contributed by atoms with Gasteiger partial charge in [0.25, 0.3) is 5.91 Å². The lowest BCUT2D eigenvalue weighted by Crippen LogP contribution is -2.33. The molecule has 2 unspecified atom stereocenters. The topological polar surface area (TPSA) is 55.4 Å². The largest absolute Gasteiger partial charge is 0.488 e. The third-order valence-corrected chi connectivity index (χ3v) is 3.88. The lowest BCUT2D eigenvalue weighted by molar-refractivity contribution is -0.127. The first kappa shape index (κ1) is 13.6. The summed E-state index contributed by atoms with van der Waals surface area (Å²) in [5, 5.41) is 2.88. The number of nitrogens with one attached hydrogen (secondary N) is 1. The molecule has 0 saturated carbocycles. The first-order valence-corrected chi connectivity index (χ1v) is 7.06. The third kappa shape index (κ3) is 2.75. The number of hydrogen-bond donors (Lipinski definition) is 1. The minimum Gasteiger partial charge on any atom is -0.488 e. The fraction of sp³-hybridized carbons (Fsp3) is 0.294. The zero-order valence-electron chi connectivity index (χ0n) is 11.8. The monoisotopic (exact) mass is 283 g/mol. The highest BCUT2D eigenvalue weighted by Crippen LogP contribution is 2.40. The molecule has 0 spiro atoms. The molecule has 3 rings (SSSR count). The lowest BCUT2D eigenvalue weighted by atomic mass is 9.82. The van der Waals surface area contributed by atoms with Crippen molar-refractivity contribution in [3.05, 3.63) is 59.9 Å². The minimum absolute atomic E-state index is 0.0560. The van der Waals surface area contributed by atoms with Crippen LogP contribution in [-0.2, 0) is 14.3 Å². The molecular formula is C17H17NO3. The molecule has 0 heterocycles. The predicted octanol–water partition coefficient (Wildman–Crippen LogP) is 2.15. The summed E-state index contributed by atoms with van der Waals surface area (Å²) in [4.78, 5) is 23.4. The van der Waals surface area contributed by atoms with Crippen molar-refractivity contribution >= 4 is 11.7 Å². The third-order valence-electron chi connectivity index (χ3n) is 3.88. The minimum atomic E-state index is -0.190. The second-order valence-electron chi connectivity index (χ2n) is 5.37. The van der Waals surface area contributed by atoms with Crippen LogP contribution in [0.5, 0.6) is 0 Å². The van der Waals surface area contributed by atoms with Crippen LogP contribution in [0.2, 0.25) is 0 Å². The van der Waals surface area contributed by atoms with Gasteiger partial charge in [-0.25, -0.2) is 0 Å². The summed E-state index contributed by atoms with van der Waals surface area (Å²) in [5.41, 5.74) is 1.05. The van der Waals surface area contributed by atoms with Crippen LogP contribution >= 0.6 is 0 Å². The molecule has 0 bridgehead atoms. The summed E-state index contributed by atoms with van der Waals surface area (Å²) < 4.78 is 5.45. The van der Waals surface area contributed by atoms with Crippen LogP contribution < -0.4 is 5.32 Å². The molecule has 2 aliphatic rings. The molecule has 21 heavy (non-hydrogen) atoms. The SMILES string of the molecule is C[C@H](NC(=O)COC1=CC2C=CC(=O)C12)c1ccccc1. The maximum Gasteiger partial charge on any atom is 0.258 e. The first-order valence-electron chi connectivity index (χ1n) is 7.06. The zero-order valence-corrected chi connectivity index (χ0v) is 11.8. The number of carbonyl (C=O) groups excluding carboxylic acids is 2. The van der Waals surface area contributed by atoms with Crippen molar-refractivity contribution in [3.8, 4) is 0 Å². The van der Waals surface area contributed by atoms with Crippen LogP contribution in [-0.4, -0.2) is 18.3 Å². The van der Waals surface area contributed by atoms with Gasteiger partial charge in [-0.2, -0.15) is 0 Å². The molecule has 0 saturated heterocycles. The summed E-state index contributed by atoms with van der Waals surface area (Å²) in [5.74, 6) is 0.477. The van der Waals surface area contributed by atoms with Gasteiger partial charge in [0.05, 0.1) is 12.0 Å². The average Bonchev–Trinajstić information content (AvgIpc) is 2.74. The molecule has 0 aliphatic heterocycles. The van der Waals surface area contributed by atoms with E-state index in [1.54, 1.807) is 6.08 Å². The number of ketones is 1. The fourth-order valence-corrected chi connectivity index (χ4v) is 2.66. The number of rotatable bonds is 5. The Balaban J connectivity index is 1.48. The average molecular weight is 283 g/mol. The molecule has 1 aromatic carbocycles. The van der Waals surface area contributed by atoms with Crippen molar-refractivity contribution in [2.45, 2.75) is 13.0 Å². The number of allylic oxidation sites excluding steroid dienone is 4. The highest BCUT2D eigenvalue weighted by atomic mass is 16.5. The van der Waals surface area contributed by atoms with E-state index < -0.39 is 0 Å². The van der Waals surface area contributed by atoms with Gasteiger partial charge < -0.3 is 10.1 Å². The van der Waals surface area contributed by atoms with E-state index in [-0.39, 0.29) is 36.2 Å². The van der Waals surface area contributed by atoms with Crippen LogP contribution in [0.3, 0.4) is 0 Å². The smallest absolute Gasteiger partial charge is 0.258 e. The molecule has 1 amide bonds. The van der Waals surface area contributed by atoms with Crippen LogP contribution in [0.4, 0.5) is 0 Å². The Kier molecular flexibility index (Phi) is 3.60. The molecule has 2 aliphatic carbocycles. The number of hydrogen-bond acceptors (Lipinski definition) is 3. The molecule has 0 radical (unpaired) electrons. The Morgan fingerprint density at radius 2 is 2.10 bits per heavy atom. The predicted molar refractivity (Wildman–Crippen MR) is 78.2 cm³/mol. The van der Waals surface area contributed by atoms with Crippen LogP contribution in [0.15, 0.2) is 54.3 Å². The van der Waals surface area contributed by atoms with E-state index in [1.165, 1.54) is 0 Å². The van der Waals surface area contributed by atoms with Crippen molar-refractivity contribution < 1.29 is 14.3 Å². The summed E-state index contributed by atoms with van der Waals surface area (Å²) >= 11 is 0. The maximum atomic E-state index is 11.9. The van der Waals surface area contributed by atoms with Gasteiger partial charge in [0.15, 0.2) is 12.4 Å². The Hall–Kier alpha value is -2.36. The van der Waals surface area contributed by atoms with E-state index in [0.29, 0.717) is 5.76 Å². The van der Waals surface area contributed by atoms with Gasteiger partial charge in [-0.3, -0.25) is 9.59 Å². The highest BCUT2D eigenvalue weighted by Gasteiger charge is 2.41. The fourth-order valence-electron chi connectivity index (χ4n) is 2.66. The molecule has 108 valence electrons. The molecule has 1 aromatic rings. The summed E-state index contributed by atoms with van der Waals surface area (Å²) in [6, 6.07) is 9.67. The Morgan fingerprint density at radius 1 is 1.33 bits per heavy atom. The number of fused-ring (bicyclic) bond motifs is 1. The maximum absolute atomic E-state index is 11.9. The van der Waals surface area contributed by atoms with Gasteiger partial charge in [0.1, 0.15) is 5.76 Å². The second-order valence-corrected chi connectivity index (χ2v) is 5.37. The summed E-state index contributed by atoms with van der Waals surface area (Å²) in [7, 11) is 0. The number of ether oxygens (including phenoxy) is 1. The van der Waals surface area contributed by atoms with Crippen LogP contribution in [0.25, 0.3) is 0 Å². The van der Waals surface area contributed by atoms with Gasteiger partial charge in [0, 0.05) is 5.92 Å². The summed E-state index contributed by atoms with van der Waals surface area (Å²) in [6.45, 7) is 1.87. The molecular weight excluding hydrogens is 266 g/mol. The van der Waals surface area contributed by atoms with Crippen molar-refractivity contribution in [3.63, 3.8) is 0 Å². The Labute approximate surface area is 123 Å². The first-order chi connectivity index (χ1) is 10.1. The molecule has 4 heteroatoms. The Bertz CT molecular complexity index is 618. The van der Waals surface area contributed by atoms with Crippen molar-refractivity contribution in [2.75, 3.05) is 6.61 Å². The van der Waals surface area contributed by atoms with E-state index in [2.05, 4.69) is 5.32 Å². The van der Waals surface area contributed by atoms with E-state index in [9.17, 15) is 9.59 Å². The van der Waals surface area contributed by atoms with Gasteiger partial charge in [-0.05, 0) is 24.6 Å². The van der Waals surface area contributed by atoms with Gasteiger partial charge in [-0.1, -0.05) is 36.4 Å². The quantitative estimate of drug-likeness (QED) is 0.901. The van der Waals surface area contributed by atoms with E-state index in [4.69, 9.17) is 4.74 Å². The standard InChI is InChI=1S/C17H17NO3/c1-11(12-5-3-2-4-6-12)18-16(20)10-21-15-9-13-7-8-14(19)17(13)15/h2-9,11,13,17H,10H2,1H3,(H,18,20)/t11-,13?,17?/m0/s1. The normalized spacial score (nSPS) is 23.9. The molecule has 1 N–H and O–H groups in total. The number of amides is 1. The lowest BCUT2D eigenvalue weighted by Gasteiger charge is -2.28. The van der Waals surface area contributed by atoms with E-state index in [0.717, 1.165) is 5.56 Å². The zero-order chi connectivity index (χ0) is 14.8. The summed E-state index contributed by atoms with van der Waals surface area (Å²) in [6.07, 6.45) is 5.34. The second kappa shape index (κ2) is 5.56. The van der Waals surface area contributed by atoms with Gasteiger partial charge >= 0.3 is 0 Å². The van der Waals surface area contributed by atoms with Crippen LogP contribution in [0.1, 0.15) is 18.5 Å². The molecule has 3 atom stereocenters. The van der Waals surface area contributed by atoms with Crippen LogP contribution in [0, 0.1) is 11.8 Å². The molecule has 4 nitrogen and oxygen atoms in total. The number of carbonyl (C=O) groups is 2. The van der Waals surface area contributed by atoms with Crippen molar-refractivity contribution in [2.24, 2.45) is 11.8 Å². The molecule has 0 aromatic heterocycles. The highest BCUT2D eigenvalue weighted by molar-refractivity contribution is 5.98.